The molecule has 166 valence electrons. The van der Waals surface area contributed by atoms with Crippen LogP contribution in [0.5, 0.6) is 23.0 Å². The van der Waals surface area contributed by atoms with Crippen molar-refractivity contribution in [2.45, 2.75) is 0 Å². The number of methoxy groups -OCH3 is 4. The number of aliphatic hydroxyl groups is 1. The van der Waals surface area contributed by atoms with Gasteiger partial charge in [0.15, 0.2) is 11.5 Å². The van der Waals surface area contributed by atoms with Gasteiger partial charge in [0.05, 0.1) is 51.9 Å². The second kappa shape index (κ2) is 8.80. The largest absolute Gasteiger partial charge is 0.510 e. The first-order valence-corrected chi connectivity index (χ1v) is 10.6. The van der Waals surface area contributed by atoms with Gasteiger partial charge in [-0.2, -0.15) is 0 Å². The van der Waals surface area contributed by atoms with Gasteiger partial charge >= 0.3 is 0 Å². The SMILES string of the molecule is COc1ccc(-c2csc(C3=C(O)CN(c4cc(OC)c(OC)c(OC)c4)C3=N)n2)cc1. The van der Waals surface area contributed by atoms with Crippen molar-refractivity contribution in [2.24, 2.45) is 0 Å². The summed E-state index contributed by atoms with van der Waals surface area (Å²) in [5.74, 6) is 2.40. The van der Waals surface area contributed by atoms with E-state index in [0.29, 0.717) is 33.5 Å². The lowest BCUT2D eigenvalue weighted by molar-refractivity contribution is 0.324. The molecule has 9 heteroatoms. The fraction of sp³-hybridized carbons (Fsp3) is 0.217. The lowest BCUT2D eigenvalue weighted by atomic mass is 10.1. The van der Waals surface area contributed by atoms with Gasteiger partial charge in [-0.3, -0.25) is 5.41 Å². The number of hydrogen-bond acceptors (Lipinski definition) is 8. The Balaban J connectivity index is 1.64. The Morgan fingerprint density at radius 3 is 2.19 bits per heavy atom. The number of rotatable bonds is 7. The monoisotopic (exact) mass is 453 g/mol. The van der Waals surface area contributed by atoms with E-state index in [1.165, 1.54) is 32.7 Å². The maximum atomic E-state index is 10.7. The third-order valence-corrected chi connectivity index (χ3v) is 6.03. The summed E-state index contributed by atoms with van der Waals surface area (Å²) >= 11 is 1.38. The molecule has 1 aromatic heterocycles. The lowest BCUT2D eigenvalue weighted by Gasteiger charge is -2.21. The van der Waals surface area contributed by atoms with Gasteiger partial charge in [0.25, 0.3) is 0 Å². The van der Waals surface area contributed by atoms with E-state index in [2.05, 4.69) is 4.98 Å². The molecule has 0 bridgehead atoms. The van der Waals surface area contributed by atoms with E-state index in [1.54, 1.807) is 24.1 Å². The summed E-state index contributed by atoms with van der Waals surface area (Å²) in [6.45, 7) is 0.143. The highest BCUT2D eigenvalue weighted by atomic mass is 32.1. The summed E-state index contributed by atoms with van der Waals surface area (Å²) in [6, 6.07) is 11.1. The van der Waals surface area contributed by atoms with Crippen molar-refractivity contribution < 1.29 is 24.1 Å². The van der Waals surface area contributed by atoms with Crippen molar-refractivity contribution in [3.8, 4) is 34.3 Å². The Morgan fingerprint density at radius 1 is 0.969 bits per heavy atom. The quantitative estimate of drug-likeness (QED) is 0.539. The normalized spacial score (nSPS) is 13.5. The minimum absolute atomic E-state index is 0.0828. The van der Waals surface area contributed by atoms with E-state index in [9.17, 15) is 5.11 Å². The van der Waals surface area contributed by atoms with Crippen molar-refractivity contribution in [1.82, 2.24) is 4.98 Å². The number of aliphatic hydroxyl groups excluding tert-OH is 1. The molecule has 0 aliphatic carbocycles. The molecule has 0 amide bonds. The lowest BCUT2D eigenvalue weighted by Crippen LogP contribution is -2.26. The number of benzene rings is 2. The molecule has 0 spiro atoms. The van der Waals surface area contributed by atoms with Gasteiger partial charge in [-0.25, -0.2) is 4.98 Å². The molecule has 1 aliphatic heterocycles. The topological polar surface area (TPSA) is 97.1 Å². The predicted octanol–water partition coefficient (Wildman–Crippen LogP) is 4.61. The Hall–Kier alpha value is -3.72. The molecule has 2 N–H and O–H groups in total. The first-order valence-electron chi connectivity index (χ1n) is 9.69. The molecule has 0 radical (unpaired) electrons. The number of anilines is 1. The minimum atomic E-state index is 0.0828. The standard InChI is InChI=1S/C23H23N3O5S/c1-28-15-7-5-13(6-8-15)16-12-32-23(25-16)20-17(27)11-26(22(20)24)14-9-18(29-2)21(31-4)19(10-14)30-3/h5-10,12,24,27H,11H2,1-4H3. The van der Waals surface area contributed by atoms with Crippen LogP contribution >= 0.6 is 11.3 Å². The highest BCUT2D eigenvalue weighted by Gasteiger charge is 2.32. The Kier molecular flexibility index (Phi) is 5.91. The van der Waals surface area contributed by atoms with E-state index >= 15 is 0 Å². The van der Waals surface area contributed by atoms with Gasteiger partial charge in [0, 0.05) is 23.1 Å². The first kappa shape index (κ1) is 21.5. The molecular weight excluding hydrogens is 430 g/mol. The number of thiazole rings is 1. The van der Waals surface area contributed by atoms with E-state index in [-0.39, 0.29) is 18.1 Å². The van der Waals surface area contributed by atoms with E-state index in [0.717, 1.165) is 17.0 Å². The minimum Gasteiger partial charge on any atom is -0.510 e. The second-order valence-corrected chi connectivity index (χ2v) is 7.76. The summed E-state index contributed by atoms with van der Waals surface area (Å²) in [5, 5.41) is 21.9. The van der Waals surface area contributed by atoms with Gasteiger partial charge in [0.1, 0.15) is 22.4 Å². The number of hydrogen-bond donors (Lipinski definition) is 2. The Labute approximate surface area is 189 Å². The average Bonchev–Trinajstić information content (AvgIpc) is 3.41. The van der Waals surface area contributed by atoms with Gasteiger partial charge in [-0.15, -0.1) is 11.3 Å². The zero-order valence-electron chi connectivity index (χ0n) is 18.1. The van der Waals surface area contributed by atoms with Crippen molar-refractivity contribution in [3.05, 3.63) is 52.5 Å². The molecule has 32 heavy (non-hydrogen) atoms. The molecule has 1 aliphatic rings. The van der Waals surface area contributed by atoms with E-state index in [1.807, 2.05) is 29.6 Å². The fourth-order valence-electron chi connectivity index (χ4n) is 3.53. The van der Waals surface area contributed by atoms with Crippen molar-refractivity contribution >= 4 is 28.4 Å². The van der Waals surface area contributed by atoms with Crippen molar-refractivity contribution in [1.29, 1.82) is 5.41 Å². The predicted molar refractivity (Wildman–Crippen MR) is 125 cm³/mol. The van der Waals surface area contributed by atoms with Crippen LogP contribution in [0.25, 0.3) is 16.8 Å². The molecule has 4 rings (SSSR count). The summed E-state index contributed by atoms with van der Waals surface area (Å²) in [7, 11) is 6.23. The van der Waals surface area contributed by atoms with Crippen molar-refractivity contribution in [3.63, 3.8) is 0 Å². The molecule has 3 aromatic rings. The van der Waals surface area contributed by atoms with Crippen LogP contribution in [0.1, 0.15) is 5.01 Å². The summed E-state index contributed by atoms with van der Waals surface area (Å²) in [6.07, 6.45) is 0. The van der Waals surface area contributed by atoms with Gasteiger partial charge in [-0.1, -0.05) is 0 Å². The number of nitrogens with zero attached hydrogens (tertiary/aromatic N) is 2. The van der Waals surface area contributed by atoms with Crippen LogP contribution in [-0.4, -0.2) is 50.9 Å². The maximum Gasteiger partial charge on any atom is 0.203 e. The van der Waals surface area contributed by atoms with Crippen LogP contribution in [-0.2, 0) is 0 Å². The molecule has 0 saturated carbocycles. The zero-order chi connectivity index (χ0) is 22.8. The number of ether oxygens (including phenoxy) is 4. The fourth-order valence-corrected chi connectivity index (χ4v) is 4.43. The smallest absolute Gasteiger partial charge is 0.203 e. The van der Waals surface area contributed by atoms with Crippen molar-refractivity contribution in [2.75, 3.05) is 39.9 Å². The summed E-state index contributed by atoms with van der Waals surface area (Å²) in [5.41, 5.74) is 2.74. The second-order valence-electron chi connectivity index (χ2n) is 6.91. The van der Waals surface area contributed by atoms with Gasteiger partial charge in [-0.05, 0) is 24.3 Å². The molecule has 0 unspecified atom stereocenters. The zero-order valence-corrected chi connectivity index (χ0v) is 18.9. The van der Waals surface area contributed by atoms with E-state index in [4.69, 9.17) is 24.4 Å². The number of aromatic nitrogens is 1. The van der Waals surface area contributed by atoms with Crippen LogP contribution in [0.2, 0.25) is 0 Å². The van der Waals surface area contributed by atoms with Crippen LogP contribution in [0, 0.1) is 5.41 Å². The molecule has 0 saturated heterocycles. The molecule has 2 heterocycles. The highest BCUT2D eigenvalue weighted by molar-refractivity contribution is 7.11. The highest BCUT2D eigenvalue weighted by Crippen LogP contribution is 2.43. The molecule has 0 atom stereocenters. The Bertz CT molecular complexity index is 1160. The van der Waals surface area contributed by atoms with Crippen LogP contribution < -0.4 is 23.8 Å². The molecule has 8 nitrogen and oxygen atoms in total. The van der Waals surface area contributed by atoms with E-state index < -0.39 is 0 Å². The van der Waals surface area contributed by atoms with Crippen LogP contribution in [0.4, 0.5) is 5.69 Å². The van der Waals surface area contributed by atoms with Gasteiger partial charge < -0.3 is 29.0 Å². The van der Waals surface area contributed by atoms with Crippen LogP contribution in [0.15, 0.2) is 47.5 Å². The molecule has 0 fully saturated rings. The third-order valence-electron chi connectivity index (χ3n) is 5.17. The third kappa shape index (κ3) is 3.71. The first-order chi connectivity index (χ1) is 15.5. The maximum absolute atomic E-state index is 10.7. The van der Waals surface area contributed by atoms with Crippen LogP contribution in [0.3, 0.4) is 0 Å². The molecular formula is C23H23N3O5S. The average molecular weight is 454 g/mol. The summed E-state index contributed by atoms with van der Waals surface area (Å²) < 4.78 is 21.4. The number of nitrogens with one attached hydrogen (secondary N) is 1. The van der Waals surface area contributed by atoms with Gasteiger partial charge in [0.2, 0.25) is 5.75 Å². The molecule has 2 aromatic carbocycles. The Morgan fingerprint density at radius 2 is 1.62 bits per heavy atom. The summed E-state index contributed by atoms with van der Waals surface area (Å²) in [4.78, 5) is 6.33. The number of amidine groups is 1.